The first-order valence-corrected chi connectivity index (χ1v) is 7.30. The van der Waals surface area contributed by atoms with Crippen LogP contribution in [0, 0.1) is 5.92 Å². The van der Waals surface area contributed by atoms with E-state index in [9.17, 15) is 9.90 Å². The fourth-order valence-electron chi connectivity index (χ4n) is 2.51. The average Bonchev–Trinajstić information content (AvgIpc) is 3.23. The lowest BCUT2D eigenvalue weighted by molar-refractivity contribution is -0.105. The lowest BCUT2D eigenvalue weighted by atomic mass is 9.99. The van der Waals surface area contributed by atoms with Crippen LogP contribution >= 0.6 is 0 Å². The van der Waals surface area contributed by atoms with E-state index >= 15 is 0 Å². The summed E-state index contributed by atoms with van der Waals surface area (Å²) in [4.78, 5) is 11.3. The molecule has 0 saturated carbocycles. The monoisotopic (exact) mass is 289 g/mol. The average molecular weight is 289 g/mol. The Balaban J connectivity index is 2.04. The molecular weight excluding hydrogens is 266 g/mol. The maximum Gasteiger partial charge on any atom is 0.148 e. The van der Waals surface area contributed by atoms with Gasteiger partial charge in [-0.05, 0) is 36.1 Å². The minimum Gasteiger partial charge on any atom is -0.497 e. The number of methoxy groups -OCH3 is 1. The molecule has 4 heteroatoms. The molecule has 4 nitrogen and oxygen atoms in total. The number of rotatable bonds is 7. The molecule has 1 aromatic rings. The second-order valence-electron chi connectivity index (χ2n) is 5.91. The van der Waals surface area contributed by atoms with Gasteiger partial charge < -0.3 is 15.2 Å². The van der Waals surface area contributed by atoms with Gasteiger partial charge in [-0.15, -0.1) is 0 Å². The van der Waals surface area contributed by atoms with Crippen molar-refractivity contribution >= 4 is 12.4 Å². The molecule has 0 spiro atoms. The van der Waals surface area contributed by atoms with Crippen LogP contribution in [0.25, 0.3) is 6.08 Å². The van der Waals surface area contributed by atoms with Gasteiger partial charge in [0.25, 0.3) is 0 Å². The zero-order valence-electron chi connectivity index (χ0n) is 12.7. The van der Waals surface area contributed by atoms with Gasteiger partial charge in [-0.1, -0.05) is 26.0 Å². The van der Waals surface area contributed by atoms with Crippen LogP contribution in [0.2, 0.25) is 0 Å². The first-order chi connectivity index (χ1) is 10.0. The molecule has 0 aromatic heterocycles. The SMILES string of the molecule is COc1ccc(/C=C(/C=O)[C@@H](O)[C@@H]2N[C@H]2CC(C)C)cc1. The number of aliphatic hydroxyl groups excluding tert-OH is 1. The molecular formula is C17H23NO3. The fraction of sp³-hybridized carbons (Fsp3) is 0.471. The number of carbonyl (C=O) groups excluding carboxylic acids is 1. The van der Waals surface area contributed by atoms with E-state index in [2.05, 4.69) is 19.2 Å². The number of carbonyl (C=O) groups is 1. The van der Waals surface area contributed by atoms with Gasteiger partial charge >= 0.3 is 0 Å². The summed E-state index contributed by atoms with van der Waals surface area (Å²) >= 11 is 0. The third kappa shape index (κ3) is 4.16. The summed E-state index contributed by atoms with van der Waals surface area (Å²) in [7, 11) is 1.61. The molecule has 1 aliphatic heterocycles. The van der Waals surface area contributed by atoms with Crippen LogP contribution < -0.4 is 10.1 Å². The number of benzene rings is 1. The summed E-state index contributed by atoms with van der Waals surface area (Å²) < 4.78 is 5.10. The Kier molecular flexibility index (Phi) is 5.15. The van der Waals surface area contributed by atoms with Crippen molar-refractivity contribution in [2.45, 2.75) is 38.5 Å². The van der Waals surface area contributed by atoms with Crippen molar-refractivity contribution in [3.63, 3.8) is 0 Å². The van der Waals surface area contributed by atoms with Gasteiger partial charge in [0.15, 0.2) is 0 Å². The molecule has 2 N–H and O–H groups in total. The molecule has 0 bridgehead atoms. The van der Waals surface area contributed by atoms with E-state index in [1.807, 2.05) is 24.3 Å². The Labute approximate surface area is 125 Å². The third-order valence-corrected chi connectivity index (χ3v) is 3.72. The highest BCUT2D eigenvalue weighted by Crippen LogP contribution is 2.26. The van der Waals surface area contributed by atoms with E-state index in [4.69, 9.17) is 4.74 Å². The third-order valence-electron chi connectivity index (χ3n) is 3.72. The Morgan fingerprint density at radius 2 is 2.05 bits per heavy atom. The van der Waals surface area contributed by atoms with Crippen molar-refractivity contribution in [1.29, 1.82) is 0 Å². The van der Waals surface area contributed by atoms with Crippen LogP contribution in [-0.2, 0) is 4.79 Å². The Morgan fingerprint density at radius 3 is 2.57 bits per heavy atom. The second-order valence-corrected chi connectivity index (χ2v) is 5.91. The molecule has 0 amide bonds. The summed E-state index contributed by atoms with van der Waals surface area (Å²) in [6, 6.07) is 7.68. The number of ether oxygens (including phenoxy) is 1. The lowest BCUT2D eigenvalue weighted by Gasteiger charge is -2.10. The van der Waals surface area contributed by atoms with Gasteiger partial charge in [0.2, 0.25) is 0 Å². The molecule has 1 heterocycles. The van der Waals surface area contributed by atoms with Crippen LogP contribution in [0.15, 0.2) is 29.8 Å². The van der Waals surface area contributed by atoms with Crippen LogP contribution in [0.3, 0.4) is 0 Å². The van der Waals surface area contributed by atoms with E-state index in [1.54, 1.807) is 13.2 Å². The van der Waals surface area contributed by atoms with E-state index in [0.717, 1.165) is 24.0 Å². The molecule has 1 aromatic carbocycles. The zero-order valence-corrected chi connectivity index (χ0v) is 12.7. The van der Waals surface area contributed by atoms with Gasteiger partial charge in [0, 0.05) is 11.6 Å². The number of nitrogens with one attached hydrogen (secondary N) is 1. The molecule has 3 atom stereocenters. The minimum atomic E-state index is -0.756. The Morgan fingerprint density at radius 1 is 1.38 bits per heavy atom. The van der Waals surface area contributed by atoms with Crippen molar-refractivity contribution < 1.29 is 14.6 Å². The molecule has 1 fully saturated rings. The number of hydrogen-bond acceptors (Lipinski definition) is 4. The highest BCUT2D eigenvalue weighted by Gasteiger charge is 2.42. The van der Waals surface area contributed by atoms with E-state index in [1.165, 1.54) is 0 Å². The first kappa shape index (κ1) is 15.7. The summed E-state index contributed by atoms with van der Waals surface area (Å²) in [5.74, 6) is 1.34. The predicted molar refractivity (Wildman–Crippen MR) is 83.2 cm³/mol. The number of aldehydes is 1. The van der Waals surface area contributed by atoms with Gasteiger partial charge in [0.1, 0.15) is 12.0 Å². The van der Waals surface area contributed by atoms with Crippen molar-refractivity contribution in [1.82, 2.24) is 5.32 Å². The topological polar surface area (TPSA) is 68.5 Å². The van der Waals surface area contributed by atoms with Crippen LogP contribution in [-0.4, -0.2) is 36.7 Å². The molecule has 1 saturated heterocycles. The Hall–Kier alpha value is -1.65. The predicted octanol–water partition coefficient (Wildman–Crippen LogP) is 2.02. The fourth-order valence-corrected chi connectivity index (χ4v) is 2.51. The van der Waals surface area contributed by atoms with Crippen LogP contribution in [0.1, 0.15) is 25.8 Å². The van der Waals surface area contributed by atoms with Gasteiger partial charge in [-0.3, -0.25) is 4.79 Å². The quantitative estimate of drug-likeness (QED) is 0.458. The molecule has 21 heavy (non-hydrogen) atoms. The molecule has 0 aliphatic carbocycles. The minimum absolute atomic E-state index is 0.0119. The smallest absolute Gasteiger partial charge is 0.148 e. The van der Waals surface area contributed by atoms with Gasteiger partial charge in [-0.2, -0.15) is 0 Å². The number of hydrogen-bond donors (Lipinski definition) is 2. The molecule has 2 rings (SSSR count). The molecule has 0 radical (unpaired) electrons. The lowest BCUT2D eigenvalue weighted by Crippen LogP contribution is -2.22. The van der Waals surface area contributed by atoms with Crippen molar-refractivity contribution in [2.24, 2.45) is 5.92 Å². The maximum atomic E-state index is 11.3. The summed E-state index contributed by atoms with van der Waals surface area (Å²) in [5, 5.41) is 13.6. The Bertz CT molecular complexity index is 507. The van der Waals surface area contributed by atoms with Gasteiger partial charge in [-0.25, -0.2) is 0 Å². The van der Waals surface area contributed by atoms with Crippen molar-refractivity contribution in [3.8, 4) is 5.75 Å². The zero-order chi connectivity index (χ0) is 15.4. The number of aliphatic hydroxyl groups is 1. The highest BCUT2D eigenvalue weighted by atomic mass is 16.5. The van der Waals surface area contributed by atoms with Crippen LogP contribution in [0.4, 0.5) is 0 Å². The largest absolute Gasteiger partial charge is 0.497 e. The van der Waals surface area contributed by atoms with Crippen molar-refractivity contribution in [3.05, 3.63) is 35.4 Å². The standard InChI is InChI=1S/C17H23NO3/c1-11(2)8-15-16(18-15)17(20)13(10-19)9-12-4-6-14(21-3)7-5-12/h4-7,9-11,15-18,20H,8H2,1-3H3/b13-9-/t15-,16+,17+/m0/s1. The molecule has 0 unspecified atom stereocenters. The second kappa shape index (κ2) is 6.87. The summed E-state index contributed by atoms with van der Waals surface area (Å²) in [5.41, 5.74) is 1.28. The normalized spacial score (nSPS) is 23.0. The van der Waals surface area contributed by atoms with Crippen LogP contribution in [0.5, 0.6) is 5.75 Å². The molecule has 114 valence electrons. The van der Waals surface area contributed by atoms with E-state index < -0.39 is 6.10 Å². The van der Waals surface area contributed by atoms with E-state index in [0.29, 0.717) is 17.5 Å². The molecule has 1 aliphatic rings. The highest BCUT2D eigenvalue weighted by molar-refractivity contribution is 5.83. The summed E-state index contributed by atoms with van der Waals surface area (Å²) in [6.45, 7) is 4.30. The first-order valence-electron chi connectivity index (χ1n) is 7.30. The van der Waals surface area contributed by atoms with E-state index in [-0.39, 0.29) is 6.04 Å². The summed E-state index contributed by atoms with van der Waals surface area (Å²) in [6.07, 6.45) is 2.72. The maximum absolute atomic E-state index is 11.3. The van der Waals surface area contributed by atoms with Crippen molar-refractivity contribution in [2.75, 3.05) is 7.11 Å². The van der Waals surface area contributed by atoms with Gasteiger partial charge in [0.05, 0.1) is 19.3 Å².